The second kappa shape index (κ2) is 7.36. The van der Waals surface area contributed by atoms with Crippen LogP contribution in [0.15, 0.2) is 60.2 Å². The number of benzene rings is 2. The maximum atomic E-state index is 12.6. The monoisotopic (exact) mass is 354 g/mol. The highest BCUT2D eigenvalue weighted by molar-refractivity contribution is 6.30. The van der Waals surface area contributed by atoms with Crippen LogP contribution in [0.25, 0.3) is 11.6 Å². The molecule has 25 heavy (non-hydrogen) atoms. The molecule has 0 radical (unpaired) electrons. The molecule has 2 aromatic carbocycles. The van der Waals surface area contributed by atoms with Crippen LogP contribution in [0, 0.1) is 0 Å². The summed E-state index contributed by atoms with van der Waals surface area (Å²) in [5.74, 6) is -0.671. The van der Waals surface area contributed by atoms with Crippen molar-refractivity contribution in [2.24, 2.45) is 0 Å². The minimum Gasteiger partial charge on any atom is -0.463 e. The van der Waals surface area contributed by atoms with Gasteiger partial charge in [0.2, 0.25) is 0 Å². The van der Waals surface area contributed by atoms with Crippen molar-refractivity contribution in [3.63, 3.8) is 0 Å². The van der Waals surface area contributed by atoms with Crippen LogP contribution in [0.1, 0.15) is 18.1 Å². The number of hydrogen-bond acceptors (Lipinski definition) is 4. The van der Waals surface area contributed by atoms with Gasteiger partial charge in [-0.25, -0.2) is 9.59 Å². The van der Waals surface area contributed by atoms with E-state index in [9.17, 15) is 9.59 Å². The molecule has 5 heteroatoms. The zero-order valence-corrected chi connectivity index (χ0v) is 14.2. The molecular formula is C20H15ClO4. The Labute approximate surface area is 150 Å². The van der Waals surface area contributed by atoms with Gasteiger partial charge in [0.05, 0.1) is 12.2 Å². The van der Waals surface area contributed by atoms with Crippen LogP contribution >= 0.6 is 11.6 Å². The van der Waals surface area contributed by atoms with Gasteiger partial charge in [-0.15, -0.1) is 0 Å². The van der Waals surface area contributed by atoms with Crippen LogP contribution in [0.5, 0.6) is 5.75 Å². The van der Waals surface area contributed by atoms with Gasteiger partial charge in [-0.05, 0) is 48.4 Å². The predicted octanol–water partition coefficient (Wildman–Crippen LogP) is 4.29. The Morgan fingerprint density at radius 3 is 2.52 bits per heavy atom. The van der Waals surface area contributed by atoms with E-state index in [1.54, 1.807) is 37.3 Å². The summed E-state index contributed by atoms with van der Waals surface area (Å²) in [7, 11) is 0. The number of fused-ring (bicyclic) bond motifs is 1. The van der Waals surface area contributed by atoms with Gasteiger partial charge in [-0.3, -0.25) is 0 Å². The Morgan fingerprint density at radius 2 is 1.80 bits per heavy atom. The fourth-order valence-corrected chi connectivity index (χ4v) is 2.66. The Bertz CT molecular complexity index is 879. The maximum absolute atomic E-state index is 12.6. The lowest BCUT2D eigenvalue weighted by molar-refractivity contribution is -0.137. The van der Waals surface area contributed by atoms with E-state index >= 15 is 0 Å². The first-order valence-corrected chi connectivity index (χ1v) is 8.14. The first-order chi connectivity index (χ1) is 12.1. The summed E-state index contributed by atoms with van der Waals surface area (Å²) in [6.45, 7) is 1.99. The molecule has 0 saturated carbocycles. The van der Waals surface area contributed by atoms with Gasteiger partial charge in [-0.1, -0.05) is 35.9 Å². The number of ether oxygens (including phenoxy) is 2. The van der Waals surface area contributed by atoms with Crippen LogP contribution in [0.3, 0.4) is 0 Å². The van der Waals surface area contributed by atoms with E-state index in [4.69, 9.17) is 21.1 Å². The smallest absolute Gasteiger partial charge is 0.344 e. The van der Waals surface area contributed by atoms with Crippen molar-refractivity contribution >= 4 is 35.2 Å². The lowest BCUT2D eigenvalue weighted by Gasteiger charge is -2.08. The summed E-state index contributed by atoms with van der Waals surface area (Å²) < 4.78 is 10.4. The van der Waals surface area contributed by atoms with Crippen LogP contribution in [-0.2, 0) is 14.3 Å². The van der Waals surface area contributed by atoms with Gasteiger partial charge in [0.1, 0.15) is 5.75 Å². The summed E-state index contributed by atoms with van der Waals surface area (Å²) in [6.07, 6.45) is 3.03. The molecule has 0 N–H and O–H groups in total. The molecule has 0 amide bonds. The molecule has 0 saturated heterocycles. The van der Waals surface area contributed by atoms with E-state index in [-0.39, 0.29) is 6.61 Å². The maximum Gasteiger partial charge on any atom is 0.344 e. The minimum absolute atomic E-state index is 0.262. The molecule has 0 unspecified atom stereocenters. The Morgan fingerprint density at radius 1 is 1.08 bits per heavy atom. The third-order valence-electron chi connectivity index (χ3n) is 3.63. The zero-order chi connectivity index (χ0) is 17.8. The van der Waals surface area contributed by atoms with Crippen molar-refractivity contribution in [3.8, 4) is 5.75 Å². The Hall–Kier alpha value is -2.85. The SMILES string of the molecule is CCOC(=O)/C=C1/C(C(=O)Oc2ccc(Cl)cc2)=Cc2ccccc21. The van der Waals surface area contributed by atoms with Crippen molar-refractivity contribution in [1.82, 2.24) is 0 Å². The minimum atomic E-state index is -0.547. The van der Waals surface area contributed by atoms with Crippen LogP contribution in [0.4, 0.5) is 0 Å². The predicted molar refractivity (Wildman–Crippen MR) is 96.1 cm³/mol. The Balaban J connectivity index is 1.91. The summed E-state index contributed by atoms with van der Waals surface area (Å²) in [6, 6.07) is 13.9. The lowest BCUT2D eigenvalue weighted by atomic mass is 10.0. The average Bonchev–Trinajstić information content (AvgIpc) is 2.96. The van der Waals surface area contributed by atoms with Crippen molar-refractivity contribution < 1.29 is 19.1 Å². The topological polar surface area (TPSA) is 52.6 Å². The van der Waals surface area contributed by atoms with E-state index in [1.165, 1.54) is 6.08 Å². The highest BCUT2D eigenvalue weighted by Crippen LogP contribution is 2.36. The van der Waals surface area contributed by atoms with Gasteiger partial charge in [0.25, 0.3) is 0 Å². The third kappa shape index (κ3) is 3.80. The van der Waals surface area contributed by atoms with Crippen LogP contribution in [0.2, 0.25) is 5.02 Å². The van der Waals surface area contributed by atoms with Gasteiger partial charge in [-0.2, -0.15) is 0 Å². The van der Waals surface area contributed by atoms with Crippen molar-refractivity contribution in [3.05, 3.63) is 76.3 Å². The van der Waals surface area contributed by atoms with Gasteiger partial charge < -0.3 is 9.47 Å². The highest BCUT2D eigenvalue weighted by atomic mass is 35.5. The second-order valence-electron chi connectivity index (χ2n) is 5.30. The fourth-order valence-electron chi connectivity index (χ4n) is 2.54. The molecule has 0 bridgehead atoms. The number of carbonyl (C=O) groups is 2. The molecule has 0 fully saturated rings. The molecule has 0 heterocycles. The first-order valence-electron chi connectivity index (χ1n) is 7.76. The number of esters is 2. The highest BCUT2D eigenvalue weighted by Gasteiger charge is 2.26. The molecule has 1 aliphatic rings. The quantitative estimate of drug-likeness (QED) is 0.467. The molecule has 4 nitrogen and oxygen atoms in total. The molecule has 2 aromatic rings. The summed E-state index contributed by atoms with van der Waals surface area (Å²) in [5, 5.41) is 0.551. The van der Waals surface area contributed by atoms with Crippen molar-refractivity contribution in [2.45, 2.75) is 6.92 Å². The van der Waals surface area contributed by atoms with E-state index < -0.39 is 11.9 Å². The second-order valence-corrected chi connectivity index (χ2v) is 5.74. The number of rotatable bonds is 4. The fraction of sp³-hybridized carbons (Fsp3) is 0.100. The standard InChI is InChI=1S/C20H15ClO4/c1-2-24-19(22)12-17-16-6-4-3-5-13(16)11-18(17)20(23)25-15-9-7-14(21)8-10-15/h3-12H,2H2,1H3/b17-12+. The first kappa shape index (κ1) is 17.0. The molecule has 1 aliphatic carbocycles. The largest absolute Gasteiger partial charge is 0.463 e. The number of halogens is 1. The summed E-state index contributed by atoms with van der Waals surface area (Å²) >= 11 is 5.83. The molecule has 0 atom stereocenters. The van der Waals surface area contributed by atoms with Crippen molar-refractivity contribution in [1.29, 1.82) is 0 Å². The molecular weight excluding hydrogens is 340 g/mol. The Kier molecular flexibility index (Phi) is 5.00. The normalized spacial score (nSPS) is 14.0. The molecule has 0 aliphatic heterocycles. The van der Waals surface area contributed by atoms with Gasteiger partial charge in [0.15, 0.2) is 0 Å². The third-order valence-corrected chi connectivity index (χ3v) is 3.89. The summed E-state index contributed by atoms with van der Waals surface area (Å²) in [4.78, 5) is 24.5. The van der Waals surface area contributed by atoms with Crippen molar-refractivity contribution in [2.75, 3.05) is 6.61 Å². The van der Waals surface area contributed by atoms with E-state index in [0.29, 0.717) is 21.9 Å². The zero-order valence-electron chi connectivity index (χ0n) is 13.5. The average molecular weight is 355 g/mol. The molecule has 0 spiro atoms. The number of hydrogen-bond donors (Lipinski definition) is 0. The van der Waals surface area contributed by atoms with E-state index in [2.05, 4.69) is 0 Å². The van der Waals surface area contributed by atoms with E-state index in [1.807, 2.05) is 24.3 Å². The van der Waals surface area contributed by atoms with E-state index in [0.717, 1.165) is 11.1 Å². The number of carbonyl (C=O) groups excluding carboxylic acids is 2. The van der Waals surface area contributed by atoms with Crippen LogP contribution in [-0.4, -0.2) is 18.5 Å². The summed E-state index contributed by atoms with van der Waals surface area (Å²) in [5.41, 5.74) is 2.44. The van der Waals surface area contributed by atoms with Crippen LogP contribution < -0.4 is 4.74 Å². The lowest BCUT2D eigenvalue weighted by Crippen LogP contribution is -2.12. The van der Waals surface area contributed by atoms with Gasteiger partial charge >= 0.3 is 11.9 Å². The molecule has 3 rings (SSSR count). The molecule has 0 aromatic heterocycles. The van der Waals surface area contributed by atoms with Gasteiger partial charge in [0, 0.05) is 16.7 Å². The molecule has 126 valence electrons.